The highest BCUT2D eigenvalue weighted by Crippen LogP contribution is 2.49. The Hall–Kier alpha value is -2.56. The molecule has 0 radical (unpaired) electrons. The van der Waals surface area contributed by atoms with Gasteiger partial charge in [-0.3, -0.25) is 4.79 Å². The van der Waals surface area contributed by atoms with Gasteiger partial charge in [-0.05, 0) is 69.2 Å². The molecule has 1 spiro atoms. The van der Waals surface area contributed by atoms with Crippen LogP contribution >= 0.6 is 15.9 Å². The van der Waals surface area contributed by atoms with Gasteiger partial charge >= 0.3 is 12.3 Å². The number of fused-ring (bicyclic) bond motifs is 3. The number of aromatic nitrogens is 2. The number of carbonyl (C=O) groups is 2. The van der Waals surface area contributed by atoms with E-state index in [1.165, 1.54) is 4.90 Å². The molecule has 0 saturated carbocycles. The molecule has 1 unspecified atom stereocenters. The van der Waals surface area contributed by atoms with Gasteiger partial charge in [0.2, 0.25) is 5.91 Å². The Labute approximate surface area is 228 Å². The quantitative estimate of drug-likeness (QED) is 0.425. The van der Waals surface area contributed by atoms with E-state index < -0.39 is 24.1 Å². The van der Waals surface area contributed by atoms with E-state index >= 15 is 0 Å². The number of anilines is 1. The minimum absolute atomic E-state index is 0.0385. The summed E-state index contributed by atoms with van der Waals surface area (Å²) in [4.78, 5) is 34.5. The Kier molecular flexibility index (Phi) is 7.02. The summed E-state index contributed by atoms with van der Waals surface area (Å²) in [6.07, 6.45) is -3.32. The summed E-state index contributed by atoms with van der Waals surface area (Å²) < 4.78 is 46.8. The number of alkyl halides is 3. The lowest BCUT2D eigenvalue weighted by Crippen LogP contribution is -2.65. The summed E-state index contributed by atoms with van der Waals surface area (Å²) in [5.41, 5.74) is 2.61. The number of likely N-dealkylation sites (tertiary alicyclic amines) is 1. The largest absolute Gasteiger partial charge is 0.447 e. The van der Waals surface area contributed by atoms with Crippen LogP contribution in [0.3, 0.4) is 0 Å². The van der Waals surface area contributed by atoms with Gasteiger partial charge in [0.25, 0.3) is 0 Å². The van der Waals surface area contributed by atoms with Gasteiger partial charge < -0.3 is 19.1 Å². The lowest BCUT2D eigenvalue weighted by atomic mass is 9.75. The average molecular weight is 597 g/mol. The van der Waals surface area contributed by atoms with Gasteiger partial charge in [-0.25, -0.2) is 9.78 Å². The fourth-order valence-corrected chi connectivity index (χ4v) is 6.26. The summed E-state index contributed by atoms with van der Waals surface area (Å²) >= 11 is 3.51. The first-order valence-electron chi connectivity index (χ1n) is 13.1. The molecule has 11 heteroatoms. The number of amides is 2. The molecule has 2 amide bonds. The van der Waals surface area contributed by atoms with Gasteiger partial charge in [-0.2, -0.15) is 13.2 Å². The van der Waals surface area contributed by atoms with E-state index in [4.69, 9.17) is 9.72 Å². The number of hydrogen-bond donors (Lipinski definition) is 0. The van der Waals surface area contributed by atoms with E-state index in [9.17, 15) is 22.8 Å². The molecule has 1 aromatic carbocycles. The number of ether oxygens (including phenoxy) is 1. The third-order valence-corrected chi connectivity index (χ3v) is 8.22. The second kappa shape index (κ2) is 9.88. The van der Waals surface area contributed by atoms with E-state index in [2.05, 4.69) is 22.9 Å². The zero-order valence-corrected chi connectivity index (χ0v) is 23.4. The Morgan fingerprint density at radius 3 is 2.71 bits per heavy atom. The fourth-order valence-electron chi connectivity index (χ4n) is 5.90. The van der Waals surface area contributed by atoms with Crippen LogP contribution in [-0.4, -0.2) is 51.8 Å². The van der Waals surface area contributed by atoms with Gasteiger partial charge in [0.15, 0.2) is 0 Å². The Balaban J connectivity index is 1.44. The van der Waals surface area contributed by atoms with Crippen LogP contribution in [0.15, 0.2) is 22.7 Å². The molecule has 1 aromatic heterocycles. The van der Waals surface area contributed by atoms with Gasteiger partial charge in [0.1, 0.15) is 11.2 Å². The van der Waals surface area contributed by atoms with E-state index in [-0.39, 0.29) is 44.6 Å². The number of nitrogens with zero attached hydrogens (tertiary/aromatic N) is 4. The summed E-state index contributed by atoms with van der Waals surface area (Å²) in [5.74, 6) is 0.937. The van der Waals surface area contributed by atoms with E-state index in [1.807, 2.05) is 22.8 Å². The minimum atomic E-state index is -4.22. The maximum atomic E-state index is 14.0. The molecule has 0 bridgehead atoms. The molecule has 0 N–H and O–H groups in total. The predicted octanol–water partition coefficient (Wildman–Crippen LogP) is 5.76. The lowest BCUT2D eigenvalue weighted by Gasteiger charge is -2.46. The first-order valence-corrected chi connectivity index (χ1v) is 13.9. The molecule has 7 nitrogen and oxygen atoms in total. The SMILES string of the molecule is CC1CCc2c(nc(CN3C(=O)C4(CN(C(=O)OC(C)C)C4)c4cc(Br)ccc43)n2CCCC(F)(F)F)C1. The van der Waals surface area contributed by atoms with Crippen LogP contribution < -0.4 is 4.90 Å². The second-order valence-electron chi connectivity index (χ2n) is 11.1. The maximum absolute atomic E-state index is 14.0. The van der Waals surface area contributed by atoms with Crippen molar-refractivity contribution in [2.45, 2.75) is 83.7 Å². The average Bonchev–Trinajstić information content (AvgIpc) is 3.23. The van der Waals surface area contributed by atoms with E-state index in [0.29, 0.717) is 11.7 Å². The smallest absolute Gasteiger partial charge is 0.410 e. The zero-order chi connectivity index (χ0) is 27.4. The number of rotatable bonds is 6. The molecule has 38 heavy (non-hydrogen) atoms. The minimum Gasteiger partial charge on any atom is -0.447 e. The Morgan fingerprint density at radius 1 is 1.29 bits per heavy atom. The normalized spacial score (nSPS) is 20.1. The van der Waals surface area contributed by atoms with Gasteiger partial charge in [0.05, 0.1) is 18.3 Å². The summed E-state index contributed by atoms with van der Waals surface area (Å²) in [6, 6.07) is 5.66. The molecular formula is C27H32BrF3N4O3. The molecule has 2 aromatic rings. The number of halogens is 4. The van der Waals surface area contributed by atoms with E-state index in [0.717, 1.165) is 46.4 Å². The summed E-state index contributed by atoms with van der Waals surface area (Å²) in [7, 11) is 0. The molecule has 2 aliphatic heterocycles. The standard InChI is InChI=1S/C27H32BrF3N4O3/c1-16(2)38-25(37)33-14-26(15-33)19-12-18(28)6-8-21(19)35(24(26)36)13-23-32-20-11-17(3)5-7-22(20)34(23)10-4-9-27(29,30)31/h6,8,12,16-17H,4-5,7,9-11,13-15H2,1-3H3. The maximum Gasteiger partial charge on any atom is 0.410 e. The highest BCUT2D eigenvalue weighted by molar-refractivity contribution is 9.10. The number of benzene rings is 1. The van der Waals surface area contributed by atoms with Crippen molar-refractivity contribution < 1.29 is 27.5 Å². The van der Waals surface area contributed by atoms with Crippen molar-refractivity contribution >= 4 is 33.6 Å². The third-order valence-electron chi connectivity index (χ3n) is 7.73. The van der Waals surface area contributed by atoms with Crippen LogP contribution in [0, 0.1) is 5.92 Å². The van der Waals surface area contributed by atoms with Crippen molar-refractivity contribution in [2.75, 3.05) is 18.0 Å². The lowest BCUT2D eigenvalue weighted by molar-refractivity contribution is -0.136. The topological polar surface area (TPSA) is 67.7 Å². The van der Waals surface area contributed by atoms with Crippen molar-refractivity contribution in [3.8, 4) is 0 Å². The van der Waals surface area contributed by atoms with Crippen molar-refractivity contribution in [1.82, 2.24) is 14.5 Å². The molecule has 1 fully saturated rings. The van der Waals surface area contributed by atoms with Crippen molar-refractivity contribution in [2.24, 2.45) is 5.92 Å². The first-order chi connectivity index (χ1) is 17.9. The molecule has 1 aliphatic carbocycles. The van der Waals surface area contributed by atoms with Crippen molar-refractivity contribution in [1.29, 1.82) is 0 Å². The summed E-state index contributed by atoms with van der Waals surface area (Å²) in [6.45, 7) is 6.51. The molecule has 1 saturated heterocycles. The van der Waals surface area contributed by atoms with Crippen LogP contribution in [0.5, 0.6) is 0 Å². The number of hydrogen-bond acceptors (Lipinski definition) is 4. The van der Waals surface area contributed by atoms with Crippen molar-refractivity contribution in [3.63, 3.8) is 0 Å². The van der Waals surface area contributed by atoms with Crippen LogP contribution in [0.25, 0.3) is 0 Å². The molecule has 5 rings (SSSR count). The molecule has 1 atom stereocenters. The third kappa shape index (κ3) is 4.94. The Morgan fingerprint density at radius 2 is 2.03 bits per heavy atom. The fraction of sp³-hybridized carbons (Fsp3) is 0.593. The first kappa shape index (κ1) is 27.0. The van der Waals surface area contributed by atoms with Gasteiger partial charge in [-0.1, -0.05) is 22.9 Å². The zero-order valence-electron chi connectivity index (χ0n) is 21.8. The monoisotopic (exact) mass is 596 g/mol. The molecule has 3 aliphatic rings. The van der Waals surface area contributed by atoms with Crippen LogP contribution in [0.1, 0.15) is 62.8 Å². The highest BCUT2D eigenvalue weighted by atomic mass is 79.9. The van der Waals surface area contributed by atoms with E-state index in [1.54, 1.807) is 18.7 Å². The molecular weight excluding hydrogens is 565 g/mol. The summed E-state index contributed by atoms with van der Waals surface area (Å²) in [5, 5.41) is 0. The van der Waals surface area contributed by atoms with Crippen LogP contribution in [-0.2, 0) is 40.9 Å². The predicted molar refractivity (Wildman–Crippen MR) is 139 cm³/mol. The van der Waals surface area contributed by atoms with Crippen LogP contribution in [0.4, 0.5) is 23.7 Å². The number of carbonyl (C=O) groups excluding carboxylic acids is 2. The Bertz CT molecular complexity index is 1250. The highest BCUT2D eigenvalue weighted by Gasteiger charge is 2.60. The van der Waals surface area contributed by atoms with Crippen LogP contribution in [0.2, 0.25) is 0 Å². The van der Waals surface area contributed by atoms with Gasteiger partial charge in [-0.15, -0.1) is 0 Å². The molecule has 3 heterocycles. The number of imidazole rings is 1. The van der Waals surface area contributed by atoms with Gasteiger partial charge in [0, 0.05) is 41.9 Å². The molecule has 206 valence electrons. The second-order valence-corrected chi connectivity index (χ2v) is 12.0. The van der Waals surface area contributed by atoms with Crippen molar-refractivity contribution in [3.05, 3.63) is 45.4 Å².